The quantitative estimate of drug-likeness (QED) is 0.157. The first kappa shape index (κ1) is 28.6. The van der Waals surface area contributed by atoms with Crippen molar-refractivity contribution in [3.63, 3.8) is 0 Å². The molecule has 0 aromatic carbocycles. The second-order valence-corrected chi connectivity index (χ2v) is 9.18. The first-order valence-electron chi connectivity index (χ1n) is 13.0. The molecule has 1 rings (SSSR count). The van der Waals surface area contributed by atoms with Crippen LogP contribution in [0.1, 0.15) is 109 Å². The van der Waals surface area contributed by atoms with Crippen molar-refractivity contribution >= 4 is 0 Å². The summed E-state index contributed by atoms with van der Waals surface area (Å²) in [5.41, 5.74) is 0. The SMILES string of the molecule is C=CCCCCCCCCCCCCCCCCCCO[C@@H]1[C@H]([C@@H](O)CO)OC[C@H]1O. The van der Waals surface area contributed by atoms with Crippen LogP contribution >= 0.6 is 0 Å². The van der Waals surface area contributed by atoms with E-state index in [1.54, 1.807) is 0 Å². The van der Waals surface area contributed by atoms with E-state index in [9.17, 15) is 10.2 Å². The second-order valence-electron chi connectivity index (χ2n) is 9.18. The van der Waals surface area contributed by atoms with Crippen molar-refractivity contribution in [3.05, 3.63) is 12.7 Å². The fraction of sp³-hybridized carbons (Fsp3) is 0.923. The van der Waals surface area contributed by atoms with Gasteiger partial charge >= 0.3 is 0 Å². The van der Waals surface area contributed by atoms with E-state index in [1.165, 1.54) is 96.3 Å². The monoisotopic (exact) mass is 442 g/mol. The molecule has 4 atom stereocenters. The molecule has 0 aromatic heterocycles. The highest BCUT2D eigenvalue weighted by Gasteiger charge is 2.40. The van der Waals surface area contributed by atoms with Crippen LogP contribution in [0, 0.1) is 0 Å². The molecule has 1 aliphatic heterocycles. The van der Waals surface area contributed by atoms with E-state index in [4.69, 9.17) is 14.6 Å². The molecule has 0 bridgehead atoms. The van der Waals surface area contributed by atoms with Crippen LogP contribution in [0.25, 0.3) is 0 Å². The van der Waals surface area contributed by atoms with Gasteiger partial charge in [-0.2, -0.15) is 0 Å². The number of hydrogen-bond donors (Lipinski definition) is 3. The normalized spacial score (nSPS) is 22.1. The number of hydrogen-bond acceptors (Lipinski definition) is 5. The molecule has 31 heavy (non-hydrogen) atoms. The molecule has 184 valence electrons. The third-order valence-electron chi connectivity index (χ3n) is 6.34. The highest BCUT2D eigenvalue weighted by atomic mass is 16.6. The minimum Gasteiger partial charge on any atom is -0.394 e. The van der Waals surface area contributed by atoms with Crippen LogP contribution in [-0.4, -0.2) is 59.6 Å². The summed E-state index contributed by atoms with van der Waals surface area (Å²) in [5, 5.41) is 28.7. The smallest absolute Gasteiger partial charge is 0.114 e. The lowest BCUT2D eigenvalue weighted by Crippen LogP contribution is -2.42. The van der Waals surface area contributed by atoms with Gasteiger partial charge in [-0.3, -0.25) is 0 Å². The zero-order valence-electron chi connectivity index (χ0n) is 19.9. The fourth-order valence-corrected chi connectivity index (χ4v) is 4.34. The summed E-state index contributed by atoms with van der Waals surface area (Å²) < 4.78 is 11.1. The van der Waals surface area contributed by atoms with Gasteiger partial charge < -0.3 is 24.8 Å². The maximum Gasteiger partial charge on any atom is 0.114 e. The lowest BCUT2D eigenvalue weighted by atomic mass is 10.0. The molecule has 0 unspecified atom stereocenters. The van der Waals surface area contributed by atoms with Gasteiger partial charge in [-0.05, 0) is 19.3 Å². The first-order valence-corrected chi connectivity index (χ1v) is 13.0. The average Bonchev–Trinajstić information content (AvgIpc) is 3.15. The molecule has 0 aliphatic carbocycles. The van der Waals surface area contributed by atoms with Gasteiger partial charge in [-0.1, -0.05) is 96.0 Å². The van der Waals surface area contributed by atoms with E-state index >= 15 is 0 Å². The summed E-state index contributed by atoms with van der Waals surface area (Å²) >= 11 is 0. The van der Waals surface area contributed by atoms with Crippen molar-refractivity contribution in [3.8, 4) is 0 Å². The minimum atomic E-state index is -1.00. The van der Waals surface area contributed by atoms with E-state index in [0.717, 1.165) is 12.8 Å². The molecular formula is C26H50O5. The van der Waals surface area contributed by atoms with Gasteiger partial charge in [0.15, 0.2) is 0 Å². The molecule has 0 spiro atoms. The van der Waals surface area contributed by atoms with Crippen molar-refractivity contribution < 1.29 is 24.8 Å². The molecule has 0 radical (unpaired) electrons. The van der Waals surface area contributed by atoms with Crippen LogP contribution in [0.2, 0.25) is 0 Å². The van der Waals surface area contributed by atoms with Crippen molar-refractivity contribution in [2.45, 2.75) is 134 Å². The van der Waals surface area contributed by atoms with Gasteiger partial charge in [0.25, 0.3) is 0 Å². The lowest BCUT2D eigenvalue weighted by molar-refractivity contribution is -0.0938. The zero-order chi connectivity index (χ0) is 22.6. The maximum absolute atomic E-state index is 9.91. The van der Waals surface area contributed by atoms with Crippen molar-refractivity contribution in [1.29, 1.82) is 0 Å². The summed E-state index contributed by atoms with van der Waals surface area (Å²) in [6.45, 7) is 4.11. The Balaban J connectivity index is 1.79. The van der Waals surface area contributed by atoms with Crippen LogP contribution in [0.15, 0.2) is 12.7 Å². The van der Waals surface area contributed by atoms with Gasteiger partial charge in [0.2, 0.25) is 0 Å². The van der Waals surface area contributed by atoms with Gasteiger partial charge in [0.1, 0.15) is 24.4 Å². The number of allylic oxidation sites excluding steroid dienone is 1. The fourth-order valence-electron chi connectivity index (χ4n) is 4.34. The number of ether oxygens (including phenoxy) is 2. The van der Waals surface area contributed by atoms with E-state index in [2.05, 4.69) is 6.58 Å². The summed E-state index contributed by atoms with van der Waals surface area (Å²) in [7, 11) is 0. The van der Waals surface area contributed by atoms with Crippen molar-refractivity contribution in [2.75, 3.05) is 19.8 Å². The summed E-state index contributed by atoms with van der Waals surface area (Å²) in [5.74, 6) is 0. The van der Waals surface area contributed by atoms with Crippen molar-refractivity contribution in [1.82, 2.24) is 0 Å². The van der Waals surface area contributed by atoms with Crippen molar-refractivity contribution in [2.24, 2.45) is 0 Å². The Morgan fingerprint density at radius 3 is 1.71 bits per heavy atom. The summed E-state index contributed by atoms with van der Waals surface area (Å²) in [6.07, 6.45) is 21.5. The van der Waals surface area contributed by atoms with E-state index in [1.807, 2.05) is 6.08 Å². The molecule has 1 fully saturated rings. The van der Waals surface area contributed by atoms with Gasteiger partial charge in [-0.15, -0.1) is 6.58 Å². The topological polar surface area (TPSA) is 79.2 Å². The van der Waals surface area contributed by atoms with Gasteiger partial charge in [-0.25, -0.2) is 0 Å². The Kier molecular flexibility index (Phi) is 18.6. The third-order valence-corrected chi connectivity index (χ3v) is 6.34. The third kappa shape index (κ3) is 14.3. The largest absolute Gasteiger partial charge is 0.394 e. The van der Waals surface area contributed by atoms with E-state index < -0.39 is 24.4 Å². The molecule has 0 aromatic rings. The Hall–Kier alpha value is -0.460. The van der Waals surface area contributed by atoms with Crippen LogP contribution in [0.4, 0.5) is 0 Å². The number of aliphatic hydroxyl groups is 3. The maximum atomic E-state index is 9.91. The Morgan fingerprint density at radius 1 is 0.806 bits per heavy atom. The average molecular weight is 443 g/mol. The minimum absolute atomic E-state index is 0.156. The summed E-state index contributed by atoms with van der Waals surface area (Å²) in [4.78, 5) is 0. The molecule has 1 aliphatic rings. The van der Waals surface area contributed by atoms with Crippen LogP contribution in [-0.2, 0) is 9.47 Å². The highest BCUT2D eigenvalue weighted by molar-refractivity contribution is 4.89. The first-order chi connectivity index (χ1) is 15.2. The Morgan fingerprint density at radius 2 is 1.26 bits per heavy atom. The Labute approximate surface area is 191 Å². The molecule has 3 N–H and O–H groups in total. The number of unbranched alkanes of at least 4 members (excludes halogenated alkanes) is 16. The molecule has 5 nitrogen and oxygen atoms in total. The van der Waals surface area contributed by atoms with E-state index in [0.29, 0.717) is 6.61 Å². The predicted octanol–water partition coefficient (Wildman–Crippen LogP) is 5.30. The second kappa shape index (κ2) is 20.2. The molecule has 0 amide bonds. The summed E-state index contributed by atoms with van der Waals surface area (Å²) in [6, 6.07) is 0. The highest BCUT2D eigenvalue weighted by Crippen LogP contribution is 2.21. The Bertz CT molecular complexity index is 403. The number of aliphatic hydroxyl groups excluding tert-OH is 3. The van der Waals surface area contributed by atoms with Crippen LogP contribution in [0.5, 0.6) is 0 Å². The zero-order valence-corrected chi connectivity index (χ0v) is 19.9. The lowest BCUT2D eigenvalue weighted by Gasteiger charge is -2.23. The van der Waals surface area contributed by atoms with Crippen LogP contribution < -0.4 is 0 Å². The van der Waals surface area contributed by atoms with Gasteiger partial charge in [0, 0.05) is 6.61 Å². The molecule has 5 heteroatoms. The molecule has 0 saturated carbocycles. The van der Waals surface area contributed by atoms with E-state index in [-0.39, 0.29) is 13.2 Å². The predicted molar refractivity (Wildman–Crippen MR) is 127 cm³/mol. The van der Waals surface area contributed by atoms with Crippen LogP contribution in [0.3, 0.4) is 0 Å². The molecule has 1 heterocycles. The molecule has 1 saturated heterocycles. The number of rotatable bonds is 22. The standard InChI is InChI=1S/C26H50O5/c1-2-3-4-5-6-7-8-9-10-11-12-13-14-15-16-17-18-19-20-30-26-24(29)22-31-25(26)23(28)21-27/h2,23-29H,1,3-22H2/t23-,24+,25-,26-/m0/s1. The van der Waals surface area contributed by atoms with Gasteiger partial charge in [0.05, 0.1) is 13.2 Å². The molecular weight excluding hydrogens is 392 g/mol.